The molecule has 0 aliphatic carbocycles. The number of carbonyl (C=O) groups excluding carboxylic acids is 1. The number of hydrogen-bond acceptors (Lipinski definition) is 4. The summed E-state index contributed by atoms with van der Waals surface area (Å²) in [6.07, 6.45) is 0. The van der Waals surface area contributed by atoms with Crippen molar-refractivity contribution in [3.05, 3.63) is 24.0 Å². The van der Waals surface area contributed by atoms with E-state index in [0.717, 1.165) is 22.5 Å². The van der Waals surface area contributed by atoms with Crippen LogP contribution in [-0.2, 0) is 14.8 Å². The molecule has 0 saturated carbocycles. The summed E-state index contributed by atoms with van der Waals surface area (Å²) < 4.78 is 39.4. The van der Waals surface area contributed by atoms with Gasteiger partial charge in [0, 0.05) is 13.1 Å². The first kappa shape index (κ1) is 14.7. The topological polar surface area (TPSA) is 92.5 Å². The second-order valence-electron chi connectivity index (χ2n) is 5.08. The molecule has 6 nitrogen and oxygen atoms in total. The Hall–Kier alpha value is -1.67. The monoisotopic (exact) mass is 301 g/mol. The summed E-state index contributed by atoms with van der Waals surface area (Å²) >= 11 is 0. The fourth-order valence-electron chi connectivity index (χ4n) is 2.11. The van der Waals surface area contributed by atoms with Crippen LogP contribution in [0.4, 0.5) is 10.1 Å². The summed E-state index contributed by atoms with van der Waals surface area (Å²) in [4.78, 5) is 11.7. The van der Waals surface area contributed by atoms with Gasteiger partial charge >= 0.3 is 0 Å². The van der Waals surface area contributed by atoms with Crippen molar-refractivity contribution >= 4 is 21.6 Å². The summed E-state index contributed by atoms with van der Waals surface area (Å²) in [6, 6.07) is 3.20. The first-order chi connectivity index (χ1) is 9.17. The molecule has 0 spiro atoms. The number of nitrogens with one attached hydrogen (secondary N) is 1. The van der Waals surface area contributed by atoms with Crippen LogP contribution in [-0.4, -0.2) is 37.3 Å². The zero-order valence-electron chi connectivity index (χ0n) is 11.2. The van der Waals surface area contributed by atoms with Crippen molar-refractivity contribution in [2.24, 2.45) is 0 Å². The lowest BCUT2D eigenvalue weighted by Crippen LogP contribution is -2.63. The first-order valence-electron chi connectivity index (χ1n) is 6.03. The smallest absolute Gasteiger partial charge is 0.244 e. The number of halogens is 1. The summed E-state index contributed by atoms with van der Waals surface area (Å²) in [6.45, 7) is 3.42. The molecule has 1 amide bonds. The quantitative estimate of drug-likeness (QED) is 0.769. The second kappa shape index (κ2) is 4.71. The Labute approximate surface area is 116 Å². The van der Waals surface area contributed by atoms with E-state index in [0.29, 0.717) is 0 Å². The molecule has 1 fully saturated rings. The Morgan fingerprint density at radius 2 is 2.05 bits per heavy atom. The van der Waals surface area contributed by atoms with Crippen LogP contribution in [0.15, 0.2) is 23.1 Å². The van der Waals surface area contributed by atoms with Crippen LogP contribution in [0.5, 0.6) is 0 Å². The first-order valence-corrected chi connectivity index (χ1v) is 7.47. The van der Waals surface area contributed by atoms with Gasteiger partial charge in [-0.3, -0.25) is 4.79 Å². The van der Waals surface area contributed by atoms with E-state index in [9.17, 15) is 17.6 Å². The Morgan fingerprint density at radius 3 is 2.65 bits per heavy atom. The SMILES string of the molecule is CC1(C)C(=O)NCCN1S(=O)(=O)c1ccc(F)c(N)c1. The second-order valence-corrected chi connectivity index (χ2v) is 6.94. The van der Waals surface area contributed by atoms with Crippen LogP contribution in [0, 0.1) is 5.82 Å². The summed E-state index contributed by atoms with van der Waals surface area (Å²) in [5, 5.41) is 2.62. The maximum atomic E-state index is 13.1. The van der Waals surface area contributed by atoms with Crippen molar-refractivity contribution in [1.29, 1.82) is 0 Å². The molecule has 0 bridgehead atoms. The van der Waals surface area contributed by atoms with Gasteiger partial charge < -0.3 is 11.1 Å². The predicted octanol–water partition coefficient (Wildman–Crippen LogP) is 0.307. The Morgan fingerprint density at radius 1 is 1.40 bits per heavy atom. The van der Waals surface area contributed by atoms with Gasteiger partial charge in [0.25, 0.3) is 0 Å². The summed E-state index contributed by atoms with van der Waals surface area (Å²) in [7, 11) is -3.92. The highest BCUT2D eigenvalue weighted by Gasteiger charge is 2.44. The molecule has 1 heterocycles. The van der Waals surface area contributed by atoms with E-state index in [1.807, 2.05) is 0 Å². The van der Waals surface area contributed by atoms with Crippen LogP contribution in [0.1, 0.15) is 13.8 Å². The van der Waals surface area contributed by atoms with Gasteiger partial charge in [0.1, 0.15) is 11.4 Å². The van der Waals surface area contributed by atoms with Crippen molar-refractivity contribution in [2.75, 3.05) is 18.8 Å². The molecule has 1 aliphatic heterocycles. The van der Waals surface area contributed by atoms with Gasteiger partial charge in [0.15, 0.2) is 0 Å². The number of hydrogen-bond donors (Lipinski definition) is 2. The van der Waals surface area contributed by atoms with Crippen molar-refractivity contribution < 1.29 is 17.6 Å². The number of nitrogens with zero attached hydrogens (tertiary/aromatic N) is 1. The van der Waals surface area contributed by atoms with Crippen LogP contribution in [0.2, 0.25) is 0 Å². The van der Waals surface area contributed by atoms with E-state index in [2.05, 4.69) is 5.32 Å². The van der Waals surface area contributed by atoms with Crippen LogP contribution in [0.25, 0.3) is 0 Å². The molecule has 2 rings (SSSR count). The average molecular weight is 301 g/mol. The van der Waals surface area contributed by atoms with Gasteiger partial charge in [-0.2, -0.15) is 4.31 Å². The number of piperazine rings is 1. The highest BCUT2D eigenvalue weighted by atomic mass is 32.2. The largest absolute Gasteiger partial charge is 0.396 e. The molecule has 0 unspecified atom stereocenters. The average Bonchev–Trinajstić information content (AvgIpc) is 2.35. The van der Waals surface area contributed by atoms with Crippen LogP contribution < -0.4 is 11.1 Å². The number of benzene rings is 1. The van der Waals surface area contributed by atoms with Gasteiger partial charge in [-0.25, -0.2) is 12.8 Å². The van der Waals surface area contributed by atoms with Crippen molar-refractivity contribution in [3.8, 4) is 0 Å². The molecular weight excluding hydrogens is 285 g/mol. The van der Waals surface area contributed by atoms with Crippen molar-refractivity contribution in [2.45, 2.75) is 24.3 Å². The Balaban J connectivity index is 2.49. The predicted molar refractivity (Wildman–Crippen MR) is 71.8 cm³/mol. The minimum Gasteiger partial charge on any atom is -0.396 e. The number of amides is 1. The number of carbonyl (C=O) groups is 1. The third kappa shape index (κ3) is 2.25. The number of sulfonamides is 1. The fraction of sp³-hybridized carbons (Fsp3) is 0.417. The molecule has 0 radical (unpaired) electrons. The maximum Gasteiger partial charge on any atom is 0.244 e. The van der Waals surface area contributed by atoms with E-state index in [1.165, 1.54) is 13.8 Å². The number of nitrogens with two attached hydrogens (primary N) is 1. The molecule has 0 aromatic heterocycles. The van der Waals surface area contributed by atoms with Gasteiger partial charge in [0.2, 0.25) is 15.9 Å². The van der Waals surface area contributed by atoms with E-state index < -0.39 is 21.4 Å². The van der Waals surface area contributed by atoms with E-state index in [1.54, 1.807) is 0 Å². The van der Waals surface area contributed by atoms with Gasteiger partial charge in [0.05, 0.1) is 10.6 Å². The minimum atomic E-state index is -3.92. The van der Waals surface area contributed by atoms with E-state index in [4.69, 9.17) is 5.73 Å². The van der Waals surface area contributed by atoms with Crippen LogP contribution in [0.3, 0.4) is 0 Å². The molecule has 0 atom stereocenters. The molecule has 1 saturated heterocycles. The lowest BCUT2D eigenvalue weighted by atomic mass is 10.0. The van der Waals surface area contributed by atoms with Crippen molar-refractivity contribution in [1.82, 2.24) is 9.62 Å². The molecule has 1 aromatic rings. The van der Waals surface area contributed by atoms with Crippen LogP contribution >= 0.6 is 0 Å². The molecular formula is C12H16FN3O3S. The third-order valence-corrected chi connectivity index (χ3v) is 5.40. The molecule has 1 aromatic carbocycles. The van der Waals surface area contributed by atoms with E-state index in [-0.39, 0.29) is 29.6 Å². The van der Waals surface area contributed by atoms with Crippen molar-refractivity contribution in [3.63, 3.8) is 0 Å². The molecule has 8 heteroatoms. The highest BCUT2D eigenvalue weighted by molar-refractivity contribution is 7.89. The van der Waals surface area contributed by atoms with Gasteiger partial charge in [-0.15, -0.1) is 0 Å². The Bertz CT molecular complexity index is 658. The zero-order valence-corrected chi connectivity index (χ0v) is 12.0. The number of nitrogen functional groups attached to an aromatic ring is 1. The summed E-state index contributed by atoms with van der Waals surface area (Å²) in [5.41, 5.74) is 3.95. The molecule has 1 aliphatic rings. The lowest BCUT2D eigenvalue weighted by molar-refractivity contribution is -0.131. The zero-order chi connectivity index (χ0) is 15.1. The number of rotatable bonds is 2. The molecule has 20 heavy (non-hydrogen) atoms. The fourth-order valence-corrected chi connectivity index (χ4v) is 3.90. The molecule has 110 valence electrons. The maximum absolute atomic E-state index is 13.1. The lowest BCUT2D eigenvalue weighted by Gasteiger charge is -2.39. The van der Waals surface area contributed by atoms with Gasteiger partial charge in [-0.1, -0.05) is 0 Å². The standard InChI is InChI=1S/C12H16FN3O3S/c1-12(2)11(17)15-5-6-16(12)20(18,19)8-3-4-9(13)10(14)7-8/h3-4,7H,5-6,14H2,1-2H3,(H,15,17). The third-order valence-electron chi connectivity index (χ3n) is 3.34. The summed E-state index contributed by atoms with van der Waals surface area (Å²) in [5.74, 6) is -1.05. The molecule has 3 N–H and O–H groups in total. The number of anilines is 1. The van der Waals surface area contributed by atoms with Gasteiger partial charge in [-0.05, 0) is 32.0 Å². The normalized spacial score (nSPS) is 19.6. The highest BCUT2D eigenvalue weighted by Crippen LogP contribution is 2.28. The minimum absolute atomic E-state index is 0.126. The van der Waals surface area contributed by atoms with E-state index >= 15 is 0 Å². The Kier molecular flexibility index (Phi) is 3.47.